The van der Waals surface area contributed by atoms with E-state index >= 15 is 0 Å². The standard InChI is InChI=1S/C22H17I/c23-22-12-6-9-19(17-22)14-16-21-11-5-4-10-20(21)15-13-18-7-2-1-3-8-18/h1-3,6-9,12,17H,4-5,10-11H2. The predicted octanol–water partition coefficient (Wildman–Crippen LogP) is 5.57. The summed E-state index contributed by atoms with van der Waals surface area (Å²) < 4.78 is 1.22. The fourth-order valence-corrected chi connectivity index (χ4v) is 3.11. The molecule has 0 aliphatic heterocycles. The highest BCUT2D eigenvalue weighted by Crippen LogP contribution is 2.24. The molecule has 0 heterocycles. The molecule has 0 fully saturated rings. The van der Waals surface area contributed by atoms with E-state index in [1.807, 2.05) is 30.3 Å². The molecule has 112 valence electrons. The minimum Gasteiger partial charge on any atom is -0.0651 e. The summed E-state index contributed by atoms with van der Waals surface area (Å²) in [5.41, 5.74) is 4.58. The number of hydrogen-bond acceptors (Lipinski definition) is 0. The van der Waals surface area contributed by atoms with Crippen LogP contribution in [0.1, 0.15) is 36.8 Å². The molecule has 0 nitrogen and oxygen atoms in total. The zero-order valence-electron chi connectivity index (χ0n) is 12.9. The Labute approximate surface area is 152 Å². The van der Waals surface area contributed by atoms with Crippen molar-refractivity contribution in [3.05, 3.63) is 80.4 Å². The molecule has 0 spiro atoms. The monoisotopic (exact) mass is 408 g/mol. The van der Waals surface area contributed by atoms with Gasteiger partial charge in [-0.15, -0.1) is 0 Å². The van der Waals surface area contributed by atoms with Crippen molar-refractivity contribution in [2.24, 2.45) is 0 Å². The zero-order valence-corrected chi connectivity index (χ0v) is 15.1. The smallest absolute Gasteiger partial charge is 0.0259 e. The molecule has 1 aliphatic carbocycles. The minimum absolute atomic E-state index is 1.05. The Morgan fingerprint density at radius 1 is 0.652 bits per heavy atom. The van der Waals surface area contributed by atoms with Crippen LogP contribution in [0, 0.1) is 27.3 Å². The summed E-state index contributed by atoms with van der Waals surface area (Å²) in [6, 6.07) is 18.5. The average Bonchev–Trinajstić information content (AvgIpc) is 2.60. The van der Waals surface area contributed by atoms with Crippen LogP contribution in [0.4, 0.5) is 0 Å². The molecule has 0 radical (unpaired) electrons. The van der Waals surface area contributed by atoms with Crippen molar-refractivity contribution < 1.29 is 0 Å². The Bertz CT molecular complexity index is 836. The summed E-state index contributed by atoms with van der Waals surface area (Å²) >= 11 is 2.32. The van der Waals surface area contributed by atoms with Crippen molar-refractivity contribution in [1.82, 2.24) is 0 Å². The van der Waals surface area contributed by atoms with E-state index in [2.05, 4.69) is 70.5 Å². The van der Waals surface area contributed by atoms with E-state index < -0.39 is 0 Å². The Hall–Kier alpha value is -1.97. The Morgan fingerprint density at radius 2 is 1.26 bits per heavy atom. The summed E-state index contributed by atoms with van der Waals surface area (Å²) in [6.07, 6.45) is 4.53. The maximum absolute atomic E-state index is 3.38. The maximum Gasteiger partial charge on any atom is 0.0259 e. The van der Waals surface area contributed by atoms with Crippen LogP contribution in [-0.4, -0.2) is 0 Å². The Balaban J connectivity index is 1.89. The van der Waals surface area contributed by atoms with Crippen LogP contribution in [0.2, 0.25) is 0 Å². The van der Waals surface area contributed by atoms with Gasteiger partial charge in [0.05, 0.1) is 0 Å². The van der Waals surface area contributed by atoms with Gasteiger partial charge < -0.3 is 0 Å². The lowest BCUT2D eigenvalue weighted by Crippen LogP contribution is -1.97. The van der Waals surface area contributed by atoms with Gasteiger partial charge in [0.1, 0.15) is 0 Å². The highest BCUT2D eigenvalue weighted by molar-refractivity contribution is 14.1. The van der Waals surface area contributed by atoms with E-state index in [1.165, 1.54) is 27.6 Å². The fourth-order valence-electron chi connectivity index (χ4n) is 2.56. The van der Waals surface area contributed by atoms with Gasteiger partial charge in [0.25, 0.3) is 0 Å². The molecule has 0 bridgehead atoms. The SMILES string of the molecule is Ic1cccc(C#CC2=C(C#Cc3ccccc3)CCCC2)c1. The molecule has 0 aromatic heterocycles. The molecule has 0 saturated heterocycles. The molecule has 0 unspecified atom stereocenters. The number of benzene rings is 2. The number of allylic oxidation sites excluding steroid dienone is 2. The first kappa shape index (κ1) is 15.9. The number of hydrogen-bond donors (Lipinski definition) is 0. The Morgan fingerprint density at radius 3 is 1.91 bits per heavy atom. The molecular weight excluding hydrogens is 391 g/mol. The summed E-state index contributed by atoms with van der Waals surface area (Å²) in [5, 5.41) is 0. The molecule has 2 aromatic rings. The maximum atomic E-state index is 3.38. The van der Waals surface area contributed by atoms with Crippen molar-refractivity contribution in [1.29, 1.82) is 0 Å². The minimum atomic E-state index is 1.05. The molecule has 0 amide bonds. The third kappa shape index (κ3) is 4.75. The second-order valence-corrected chi connectivity index (χ2v) is 6.79. The van der Waals surface area contributed by atoms with Gasteiger partial charge in [-0.3, -0.25) is 0 Å². The van der Waals surface area contributed by atoms with Crippen molar-refractivity contribution in [3.8, 4) is 23.7 Å². The molecule has 23 heavy (non-hydrogen) atoms. The van der Waals surface area contributed by atoms with Gasteiger partial charge in [0.15, 0.2) is 0 Å². The van der Waals surface area contributed by atoms with Crippen LogP contribution < -0.4 is 0 Å². The van der Waals surface area contributed by atoms with Crippen molar-refractivity contribution in [3.63, 3.8) is 0 Å². The lowest BCUT2D eigenvalue weighted by atomic mass is 9.92. The highest BCUT2D eigenvalue weighted by Gasteiger charge is 2.09. The second-order valence-electron chi connectivity index (χ2n) is 5.54. The van der Waals surface area contributed by atoms with Gasteiger partial charge in [-0.05, 0) is 78.6 Å². The normalized spacial score (nSPS) is 13.6. The molecule has 1 heteroatoms. The van der Waals surface area contributed by atoms with Crippen molar-refractivity contribution in [2.45, 2.75) is 25.7 Å². The summed E-state index contributed by atoms with van der Waals surface area (Å²) in [6.45, 7) is 0. The predicted molar refractivity (Wildman–Crippen MR) is 105 cm³/mol. The van der Waals surface area contributed by atoms with Gasteiger partial charge in [-0.25, -0.2) is 0 Å². The third-order valence-electron chi connectivity index (χ3n) is 3.78. The van der Waals surface area contributed by atoms with E-state index in [1.54, 1.807) is 0 Å². The van der Waals surface area contributed by atoms with Crippen LogP contribution in [0.15, 0.2) is 65.7 Å². The van der Waals surface area contributed by atoms with Gasteiger partial charge in [-0.1, -0.05) is 47.9 Å². The quantitative estimate of drug-likeness (QED) is 0.395. The van der Waals surface area contributed by atoms with Crippen molar-refractivity contribution >= 4 is 22.6 Å². The molecular formula is C22H17I. The molecule has 0 atom stereocenters. The van der Waals surface area contributed by atoms with Gasteiger partial charge >= 0.3 is 0 Å². The van der Waals surface area contributed by atoms with Crippen molar-refractivity contribution in [2.75, 3.05) is 0 Å². The molecule has 1 aliphatic rings. The molecule has 0 N–H and O–H groups in total. The third-order valence-corrected chi connectivity index (χ3v) is 4.45. The van der Waals surface area contributed by atoms with E-state index in [9.17, 15) is 0 Å². The topological polar surface area (TPSA) is 0 Å². The molecule has 2 aromatic carbocycles. The van der Waals surface area contributed by atoms with E-state index in [0.29, 0.717) is 0 Å². The van der Waals surface area contributed by atoms with E-state index in [4.69, 9.17) is 0 Å². The zero-order chi connectivity index (χ0) is 15.9. The first-order valence-electron chi connectivity index (χ1n) is 7.88. The van der Waals surface area contributed by atoms with Gasteiger partial charge in [-0.2, -0.15) is 0 Å². The van der Waals surface area contributed by atoms with Crippen LogP contribution in [0.5, 0.6) is 0 Å². The largest absolute Gasteiger partial charge is 0.0651 e. The first-order valence-corrected chi connectivity index (χ1v) is 8.96. The number of rotatable bonds is 0. The second kappa shape index (κ2) is 8.04. The van der Waals surface area contributed by atoms with Gasteiger partial charge in [0.2, 0.25) is 0 Å². The number of halogens is 1. The van der Waals surface area contributed by atoms with Gasteiger partial charge in [0, 0.05) is 25.8 Å². The van der Waals surface area contributed by atoms with Crippen LogP contribution >= 0.6 is 22.6 Å². The van der Waals surface area contributed by atoms with E-state index in [-0.39, 0.29) is 0 Å². The van der Waals surface area contributed by atoms with Crippen LogP contribution in [0.3, 0.4) is 0 Å². The van der Waals surface area contributed by atoms with E-state index in [0.717, 1.165) is 24.0 Å². The lowest BCUT2D eigenvalue weighted by molar-refractivity contribution is 0.700. The average molecular weight is 408 g/mol. The first-order chi connectivity index (χ1) is 11.3. The molecule has 0 saturated carbocycles. The van der Waals surface area contributed by atoms with Crippen LogP contribution in [0.25, 0.3) is 0 Å². The summed E-state index contributed by atoms with van der Waals surface area (Å²) in [7, 11) is 0. The Kier molecular flexibility index (Phi) is 5.56. The van der Waals surface area contributed by atoms with Crippen LogP contribution in [-0.2, 0) is 0 Å². The highest BCUT2D eigenvalue weighted by atomic mass is 127. The lowest BCUT2D eigenvalue weighted by Gasteiger charge is -2.11. The molecule has 3 rings (SSSR count). The summed E-state index contributed by atoms with van der Waals surface area (Å²) in [4.78, 5) is 0. The summed E-state index contributed by atoms with van der Waals surface area (Å²) in [5.74, 6) is 13.3. The fraction of sp³-hybridized carbons (Fsp3) is 0.182.